The predicted octanol–water partition coefficient (Wildman–Crippen LogP) is 2.58. The summed E-state index contributed by atoms with van der Waals surface area (Å²) in [5, 5.41) is 14.0. The van der Waals surface area contributed by atoms with Crippen LogP contribution in [-0.4, -0.2) is 65.9 Å². The lowest BCUT2D eigenvalue weighted by Gasteiger charge is -2.47. The first-order chi connectivity index (χ1) is 13.7. The Morgan fingerprint density at radius 1 is 1.11 bits per heavy atom. The van der Waals surface area contributed by atoms with E-state index in [4.69, 9.17) is 11.6 Å². The van der Waals surface area contributed by atoms with Gasteiger partial charge in [0.2, 0.25) is 0 Å². The highest BCUT2D eigenvalue weighted by atomic mass is 35.5. The number of hydrogen-bond acceptors (Lipinski definition) is 5. The number of aliphatic hydroxyl groups is 1. The highest BCUT2D eigenvalue weighted by molar-refractivity contribution is 6.30. The first kappa shape index (κ1) is 19.6. The van der Waals surface area contributed by atoms with E-state index in [0.29, 0.717) is 12.1 Å². The van der Waals surface area contributed by atoms with Gasteiger partial charge in [0.05, 0.1) is 6.61 Å². The smallest absolute Gasteiger partial charge is 0.128 e. The summed E-state index contributed by atoms with van der Waals surface area (Å²) in [6.45, 7) is 4.07. The second-order valence-corrected chi connectivity index (χ2v) is 8.31. The van der Waals surface area contributed by atoms with Gasteiger partial charge in [-0.3, -0.25) is 4.90 Å². The molecular formula is C22H29ClN4O. The normalized spacial score (nSPS) is 24.4. The number of halogens is 1. The van der Waals surface area contributed by atoms with Crippen LogP contribution in [0.5, 0.6) is 0 Å². The molecule has 1 aromatic carbocycles. The molecule has 28 heavy (non-hydrogen) atoms. The van der Waals surface area contributed by atoms with E-state index >= 15 is 0 Å². The number of anilines is 1. The Morgan fingerprint density at radius 2 is 1.89 bits per heavy atom. The van der Waals surface area contributed by atoms with Crippen molar-refractivity contribution in [1.82, 2.24) is 15.2 Å². The monoisotopic (exact) mass is 400 g/mol. The summed E-state index contributed by atoms with van der Waals surface area (Å²) in [7, 11) is 0. The zero-order valence-electron chi connectivity index (χ0n) is 16.2. The molecule has 0 unspecified atom stereocenters. The summed E-state index contributed by atoms with van der Waals surface area (Å²) in [6.07, 6.45) is 5.13. The van der Waals surface area contributed by atoms with Crippen LogP contribution in [0, 0.1) is 0 Å². The minimum atomic E-state index is 0.162. The number of nitrogens with one attached hydrogen (secondary N) is 1. The van der Waals surface area contributed by atoms with E-state index in [1.807, 2.05) is 24.4 Å². The molecule has 0 aliphatic carbocycles. The Kier molecular flexibility index (Phi) is 6.47. The van der Waals surface area contributed by atoms with Crippen molar-refractivity contribution in [2.45, 2.75) is 37.4 Å². The number of aliphatic hydroxyl groups excluding tert-OH is 1. The topological polar surface area (TPSA) is 51.6 Å². The Morgan fingerprint density at radius 3 is 2.57 bits per heavy atom. The maximum atomic E-state index is 9.68. The summed E-state index contributed by atoms with van der Waals surface area (Å²) in [5.74, 6) is 1.08. The summed E-state index contributed by atoms with van der Waals surface area (Å²) >= 11 is 6.05. The van der Waals surface area contributed by atoms with E-state index in [-0.39, 0.29) is 12.6 Å². The predicted molar refractivity (Wildman–Crippen MR) is 114 cm³/mol. The average molecular weight is 401 g/mol. The van der Waals surface area contributed by atoms with Crippen LogP contribution < -0.4 is 10.2 Å². The van der Waals surface area contributed by atoms with E-state index in [9.17, 15) is 5.11 Å². The first-order valence-electron chi connectivity index (χ1n) is 10.2. The Hall–Kier alpha value is -1.66. The minimum absolute atomic E-state index is 0.162. The van der Waals surface area contributed by atoms with Crippen molar-refractivity contribution in [3.05, 3.63) is 59.2 Å². The van der Waals surface area contributed by atoms with Gasteiger partial charge in [-0.2, -0.15) is 0 Å². The molecule has 2 atom stereocenters. The van der Waals surface area contributed by atoms with Gasteiger partial charge >= 0.3 is 0 Å². The molecule has 1 aromatic heterocycles. The molecule has 150 valence electrons. The average Bonchev–Trinajstić information content (AvgIpc) is 2.76. The third-order valence-corrected chi connectivity index (χ3v) is 6.31. The van der Waals surface area contributed by atoms with Crippen LogP contribution in [0.3, 0.4) is 0 Å². The van der Waals surface area contributed by atoms with Crippen LogP contribution in [0.2, 0.25) is 5.02 Å². The molecule has 0 spiro atoms. The number of rotatable bonds is 5. The summed E-state index contributed by atoms with van der Waals surface area (Å²) in [5.41, 5.74) is 1.31. The molecular weight excluding hydrogens is 372 g/mol. The van der Waals surface area contributed by atoms with Crippen molar-refractivity contribution in [2.75, 3.05) is 37.7 Å². The number of pyridine rings is 1. The van der Waals surface area contributed by atoms with Gasteiger partial charge in [-0.1, -0.05) is 29.8 Å². The zero-order valence-corrected chi connectivity index (χ0v) is 16.9. The molecule has 0 bridgehead atoms. The number of benzene rings is 1. The van der Waals surface area contributed by atoms with Gasteiger partial charge in [0.15, 0.2) is 0 Å². The lowest BCUT2D eigenvalue weighted by atomic mass is 9.95. The molecule has 2 aromatic rings. The molecule has 2 fully saturated rings. The summed E-state index contributed by atoms with van der Waals surface area (Å²) in [6, 6.07) is 15.5. The van der Waals surface area contributed by atoms with E-state index < -0.39 is 0 Å². The molecule has 3 heterocycles. The second kappa shape index (κ2) is 9.23. The van der Waals surface area contributed by atoms with Gasteiger partial charge in [0.25, 0.3) is 0 Å². The van der Waals surface area contributed by atoms with Crippen LogP contribution >= 0.6 is 11.6 Å². The number of nitrogens with zero attached hydrogens (tertiary/aromatic N) is 3. The van der Waals surface area contributed by atoms with Crippen molar-refractivity contribution in [1.29, 1.82) is 0 Å². The fourth-order valence-electron chi connectivity index (χ4n) is 4.51. The van der Waals surface area contributed by atoms with Gasteiger partial charge in [-0.05, 0) is 49.1 Å². The van der Waals surface area contributed by atoms with Crippen LogP contribution in [0.1, 0.15) is 18.4 Å². The molecule has 2 saturated heterocycles. The lowest BCUT2D eigenvalue weighted by Crippen LogP contribution is -2.62. The van der Waals surface area contributed by atoms with Crippen LogP contribution in [0.4, 0.5) is 5.82 Å². The third kappa shape index (κ3) is 4.66. The number of hydrogen-bond donors (Lipinski definition) is 2. The molecule has 5 nitrogen and oxygen atoms in total. The first-order valence-corrected chi connectivity index (χ1v) is 10.6. The lowest BCUT2D eigenvalue weighted by molar-refractivity contribution is 0.0522. The fourth-order valence-corrected chi connectivity index (χ4v) is 4.63. The van der Waals surface area contributed by atoms with Gasteiger partial charge in [0.1, 0.15) is 5.82 Å². The second-order valence-electron chi connectivity index (χ2n) is 7.88. The molecule has 2 aliphatic heterocycles. The standard InChI is InChI=1S/C22H29ClN4O/c23-18-6-4-17(5-7-18)13-21-14-25-19(16-28)15-27(21)20-8-11-26(12-9-20)22-3-1-2-10-24-22/h1-7,10,19-21,25,28H,8-9,11-16H2/t19-,21+/m1/s1. The fraction of sp³-hybridized carbons (Fsp3) is 0.500. The summed E-state index contributed by atoms with van der Waals surface area (Å²) < 4.78 is 0. The molecule has 0 saturated carbocycles. The number of piperazine rings is 1. The SMILES string of the molecule is OC[C@H]1CN(C2CCN(c3ccccn3)CC2)[C@@H](Cc2ccc(Cl)cc2)CN1. The van der Waals surface area contributed by atoms with E-state index in [1.54, 1.807) is 0 Å². The summed E-state index contributed by atoms with van der Waals surface area (Å²) in [4.78, 5) is 9.53. The van der Waals surface area contributed by atoms with Gasteiger partial charge in [-0.15, -0.1) is 0 Å². The van der Waals surface area contributed by atoms with E-state index in [0.717, 1.165) is 56.3 Å². The van der Waals surface area contributed by atoms with Gasteiger partial charge < -0.3 is 15.3 Å². The van der Waals surface area contributed by atoms with Gasteiger partial charge in [-0.25, -0.2) is 4.98 Å². The molecule has 6 heteroatoms. The maximum absolute atomic E-state index is 9.68. The van der Waals surface area contributed by atoms with Crippen LogP contribution in [0.15, 0.2) is 48.7 Å². The van der Waals surface area contributed by atoms with Crippen molar-refractivity contribution in [3.8, 4) is 0 Å². The highest BCUT2D eigenvalue weighted by Gasteiger charge is 2.34. The third-order valence-electron chi connectivity index (χ3n) is 6.05. The van der Waals surface area contributed by atoms with E-state index in [2.05, 4.69) is 44.4 Å². The van der Waals surface area contributed by atoms with Crippen LogP contribution in [-0.2, 0) is 6.42 Å². The quantitative estimate of drug-likeness (QED) is 0.807. The minimum Gasteiger partial charge on any atom is -0.395 e. The Labute approximate surface area is 172 Å². The van der Waals surface area contributed by atoms with E-state index in [1.165, 1.54) is 5.56 Å². The molecule has 4 rings (SSSR count). The van der Waals surface area contributed by atoms with Crippen molar-refractivity contribution >= 4 is 17.4 Å². The Bertz CT molecular complexity index is 734. The van der Waals surface area contributed by atoms with Crippen molar-refractivity contribution in [2.24, 2.45) is 0 Å². The zero-order chi connectivity index (χ0) is 19.3. The largest absolute Gasteiger partial charge is 0.395 e. The molecule has 0 amide bonds. The molecule has 2 aliphatic rings. The van der Waals surface area contributed by atoms with Crippen molar-refractivity contribution < 1.29 is 5.11 Å². The molecule has 2 N–H and O–H groups in total. The molecule has 0 radical (unpaired) electrons. The Balaban J connectivity index is 1.42. The number of piperidine rings is 1. The number of aromatic nitrogens is 1. The van der Waals surface area contributed by atoms with Crippen molar-refractivity contribution in [3.63, 3.8) is 0 Å². The van der Waals surface area contributed by atoms with Crippen LogP contribution in [0.25, 0.3) is 0 Å². The highest BCUT2D eigenvalue weighted by Crippen LogP contribution is 2.25. The maximum Gasteiger partial charge on any atom is 0.128 e. The van der Waals surface area contributed by atoms with Gasteiger partial charge in [0, 0.05) is 55.5 Å².